The van der Waals surface area contributed by atoms with Crippen LogP contribution in [0, 0.1) is 5.41 Å². The predicted molar refractivity (Wildman–Crippen MR) is 111 cm³/mol. The monoisotopic (exact) mass is 492 g/mol. The van der Waals surface area contributed by atoms with E-state index in [2.05, 4.69) is 15.9 Å². The molecule has 0 heterocycles. The molecule has 2 aromatic carbocycles. The van der Waals surface area contributed by atoms with Crippen molar-refractivity contribution in [1.29, 1.82) is 0 Å². The van der Waals surface area contributed by atoms with E-state index in [-0.39, 0.29) is 45.1 Å². The summed E-state index contributed by atoms with van der Waals surface area (Å²) in [5.41, 5.74) is 1.25. The van der Waals surface area contributed by atoms with Crippen LogP contribution in [-0.4, -0.2) is 25.0 Å². The van der Waals surface area contributed by atoms with Gasteiger partial charge in [0.1, 0.15) is 15.9 Å². The van der Waals surface area contributed by atoms with E-state index in [0.29, 0.717) is 12.8 Å². The number of ketones is 1. The first-order valence-corrected chi connectivity index (χ1v) is 11.9. The van der Waals surface area contributed by atoms with Crippen molar-refractivity contribution in [1.82, 2.24) is 0 Å². The fourth-order valence-electron chi connectivity index (χ4n) is 2.69. The summed E-state index contributed by atoms with van der Waals surface area (Å²) in [4.78, 5) is 13.6. The molecular formula is C20H22BrNaO4S2. The molecule has 8 heteroatoms. The van der Waals surface area contributed by atoms with Gasteiger partial charge in [-0.1, -0.05) is 54.0 Å². The van der Waals surface area contributed by atoms with Crippen molar-refractivity contribution >= 4 is 43.6 Å². The average molecular weight is 493 g/mol. The fourth-order valence-corrected chi connectivity index (χ4v) is 4.68. The second-order valence-electron chi connectivity index (χ2n) is 7.03. The summed E-state index contributed by atoms with van der Waals surface area (Å²) in [6.45, 7) is 3.83. The van der Waals surface area contributed by atoms with E-state index in [1.807, 2.05) is 44.4 Å². The number of Topliss-reactive ketones (excluding diaryl/α,β-unsaturated/α-hetero) is 1. The van der Waals surface area contributed by atoms with Crippen LogP contribution in [0.4, 0.5) is 0 Å². The maximum Gasteiger partial charge on any atom is 1.00 e. The molecule has 0 N–H and O–H groups in total. The second-order valence-corrected chi connectivity index (χ2v) is 10.4. The first-order chi connectivity index (χ1) is 12.5. The topological polar surface area (TPSA) is 74.3 Å². The Kier molecular flexibility index (Phi) is 9.94. The summed E-state index contributed by atoms with van der Waals surface area (Å²) in [6.07, 6.45) is 2.94. The van der Waals surface area contributed by atoms with Gasteiger partial charge in [-0.3, -0.25) is 4.79 Å². The summed E-state index contributed by atoms with van der Waals surface area (Å²) >= 11 is 5.25. The molecule has 146 valence electrons. The summed E-state index contributed by atoms with van der Waals surface area (Å²) in [6, 6.07) is 13.8. The molecule has 0 aliphatic rings. The number of thioether (sulfide) groups is 1. The third-order valence-corrected chi connectivity index (χ3v) is 6.94. The summed E-state index contributed by atoms with van der Waals surface area (Å²) in [7, 11) is -4.45. The van der Waals surface area contributed by atoms with Crippen molar-refractivity contribution in [3.8, 4) is 0 Å². The van der Waals surface area contributed by atoms with Crippen molar-refractivity contribution < 1.29 is 47.3 Å². The van der Waals surface area contributed by atoms with E-state index in [1.54, 1.807) is 23.9 Å². The first-order valence-electron chi connectivity index (χ1n) is 8.39. The standard InChI is InChI=1S/C20H23BrO4S2.Na/c1-20(2,19(22)12-14-4-8-16(26-3)9-5-14)13-18(21)15-6-10-17(11-7-15)27(23,24)25;/h4-11,18H,12-13H2,1-3H3,(H,23,24,25);/q;+1/p-1. The molecule has 0 aliphatic carbocycles. The van der Waals surface area contributed by atoms with Gasteiger partial charge in [-0.05, 0) is 48.1 Å². The molecule has 2 aromatic rings. The van der Waals surface area contributed by atoms with Gasteiger partial charge >= 0.3 is 29.6 Å². The van der Waals surface area contributed by atoms with E-state index in [0.717, 1.165) is 16.0 Å². The molecule has 0 bridgehead atoms. The van der Waals surface area contributed by atoms with Crippen molar-refractivity contribution in [2.24, 2.45) is 5.41 Å². The molecule has 0 saturated carbocycles. The van der Waals surface area contributed by atoms with Gasteiger partial charge in [-0.25, -0.2) is 8.42 Å². The van der Waals surface area contributed by atoms with E-state index in [9.17, 15) is 17.8 Å². The smallest absolute Gasteiger partial charge is 0.744 e. The minimum Gasteiger partial charge on any atom is -0.744 e. The van der Waals surface area contributed by atoms with Crippen LogP contribution in [0.25, 0.3) is 0 Å². The molecule has 28 heavy (non-hydrogen) atoms. The maximum absolute atomic E-state index is 12.8. The van der Waals surface area contributed by atoms with Gasteiger partial charge in [0.2, 0.25) is 0 Å². The van der Waals surface area contributed by atoms with Crippen LogP contribution in [0.3, 0.4) is 0 Å². The number of carbonyl (C=O) groups excluding carboxylic acids is 1. The maximum atomic E-state index is 12.8. The van der Waals surface area contributed by atoms with Gasteiger partial charge in [0, 0.05) is 21.6 Å². The minimum absolute atomic E-state index is 0. The summed E-state index contributed by atoms with van der Waals surface area (Å²) in [5.74, 6) is 0.141. The molecule has 1 atom stereocenters. The number of benzene rings is 2. The SMILES string of the molecule is CSc1ccc(CC(=O)C(C)(C)CC(Br)c2ccc(S(=O)(=O)[O-])cc2)cc1.[Na+]. The molecular weight excluding hydrogens is 471 g/mol. The normalized spacial score (nSPS) is 12.9. The molecule has 0 amide bonds. The second kappa shape index (κ2) is 10.8. The number of carbonyl (C=O) groups is 1. The number of hydrogen-bond acceptors (Lipinski definition) is 5. The minimum atomic E-state index is -4.45. The number of alkyl halides is 1. The van der Waals surface area contributed by atoms with E-state index in [1.165, 1.54) is 12.1 Å². The molecule has 0 saturated heterocycles. The van der Waals surface area contributed by atoms with E-state index >= 15 is 0 Å². The largest absolute Gasteiger partial charge is 1.00 e. The van der Waals surface area contributed by atoms with Crippen LogP contribution in [-0.2, 0) is 21.3 Å². The van der Waals surface area contributed by atoms with Crippen LogP contribution in [0.1, 0.15) is 36.2 Å². The average Bonchev–Trinajstić information content (AvgIpc) is 2.61. The van der Waals surface area contributed by atoms with Crippen LogP contribution < -0.4 is 29.6 Å². The number of halogens is 1. The zero-order valence-corrected chi connectivity index (χ0v) is 21.7. The first kappa shape index (κ1) is 25.9. The Morgan fingerprint density at radius 1 is 1.11 bits per heavy atom. The van der Waals surface area contributed by atoms with Gasteiger partial charge in [0.05, 0.1) is 4.90 Å². The fraction of sp³-hybridized carbons (Fsp3) is 0.350. The predicted octanol–water partition coefficient (Wildman–Crippen LogP) is 1.98. The van der Waals surface area contributed by atoms with Crippen LogP contribution in [0.5, 0.6) is 0 Å². The Balaban J connectivity index is 0.00000392. The molecule has 0 aliphatic heterocycles. The molecule has 0 fully saturated rings. The van der Waals surface area contributed by atoms with Gasteiger partial charge in [-0.15, -0.1) is 11.8 Å². The third-order valence-electron chi connectivity index (χ3n) is 4.50. The van der Waals surface area contributed by atoms with Gasteiger partial charge in [-0.2, -0.15) is 0 Å². The van der Waals surface area contributed by atoms with Crippen molar-refractivity contribution in [3.63, 3.8) is 0 Å². The Hall–Kier alpha value is -0.150. The molecule has 4 nitrogen and oxygen atoms in total. The van der Waals surface area contributed by atoms with Crippen molar-refractivity contribution in [2.45, 2.75) is 41.3 Å². The van der Waals surface area contributed by atoms with Crippen LogP contribution in [0.15, 0.2) is 58.3 Å². The quantitative estimate of drug-likeness (QED) is 0.244. The van der Waals surface area contributed by atoms with Gasteiger partial charge < -0.3 is 4.55 Å². The third kappa shape index (κ3) is 7.27. The van der Waals surface area contributed by atoms with Gasteiger partial charge in [0.25, 0.3) is 0 Å². The summed E-state index contributed by atoms with van der Waals surface area (Å²) < 4.78 is 33.1. The Labute approximate surface area is 202 Å². The zero-order valence-electron chi connectivity index (χ0n) is 16.4. The Morgan fingerprint density at radius 2 is 1.64 bits per heavy atom. The Bertz CT molecular complexity index is 895. The zero-order chi connectivity index (χ0) is 20.2. The molecule has 0 spiro atoms. The molecule has 2 rings (SSSR count). The van der Waals surface area contributed by atoms with Crippen LogP contribution in [0.2, 0.25) is 0 Å². The molecule has 0 aromatic heterocycles. The number of rotatable bonds is 8. The van der Waals surface area contributed by atoms with Crippen LogP contribution >= 0.6 is 27.7 Å². The molecule has 1 unspecified atom stereocenters. The Morgan fingerprint density at radius 3 is 2.11 bits per heavy atom. The molecule has 0 radical (unpaired) electrons. The van der Waals surface area contributed by atoms with E-state index < -0.39 is 15.5 Å². The van der Waals surface area contributed by atoms with Gasteiger partial charge in [0.15, 0.2) is 0 Å². The number of hydrogen-bond donors (Lipinski definition) is 0. The van der Waals surface area contributed by atoms with Crippen molar-refractivity contribution in [3.05, 3.63) is 59.7 Å². The van der Waals surface area contributed by atoms with Crippen molar-refractivity contribution in [2.75, 3.05) is 6.26 Å². The van der Waals surface area contributed by atoms with E-state index in [4.69, 9.17) is 0 Å². The summed E-state index contributed by atoms with van der Waals surface area (Å²) in [5, 5.41) is 0.